The Morgan fingerprint density at radius 2 is 2.36 bits per heavy atom. The van der Waals surface area contributed by atoms with Gasteiger partial charge in [-0.2, -0.15) is 0 Å². The van der Waals surface area contributed by atoms with E-state index in [9.17, 15) is 0 Å². The first-order valence-corrected chi connectivity index (χ1v) is 5.69. The second-order valence-corrected chi connectivity index (χ2v) is 4.27. The monoisotopic (exact) mass is 194 g/mol. The number of unbranched alkanes of at least 4 members (excludes halogenated alkanes) is 1. The van der Waals surface area contributed by atoms with Crippen molar-refractivity contribution in [3.63, 3.8) is 0 Å². The summed E-state index contributed by atoms with van der Waals surface area (Å²) in [4.78, 5) is 2.52. The van der Waals surface area contributed by atoms with Crippen molar-refractivity contribution >= 4 is 0 Å². The zero-order valence-corrected chi connectivity index (χ0v) is 9.21. The van der Waals surface area contributed by atoms with E-state index in [-0.39, 0.29) is 0 Å². The third kappa shape index (κ3) is 3.32. The minimum absolute atomic E-state index is 0.293. The fourth-order valence-electron chi connectivity index (χ4n) is 2.27. The van der Waals surface area contributed by atoms with Crippen molar-refractivity contribution in [2.24, 2.45) is 5.73 Å². The van der Waals surface area contributed by atoms with Crippen molar-refractivity contribution in [2.45, 2.75) is 51.1 Å². The lowest BCUT2D eigenvalue weighted by Crippen LogP contribution is -2.49. The van der Waals surface area contributed by atoms with E-state index in [0.717, 1.165) is 19.4 Å². The highest BCUT2D eigenvalue weighted by Crippen LogP contribution is 2.19. The summed E-state index contributed by atoms with van der Waals surface area (Å²) >= 11 is 0. The van der Waals surface area contributed by atoms with E-state index in [0.29, 0.717) is 12.1 Å². The van der Waals surface area contributed by atoms with Gasteiger partial charge < -0.3 is 5.73 Å². The van der Waals surface area contributed by atoms with E-state index >= 15 is 0 Å². The van der Waals surface area contributed by atoms with E-state index in [1.54, 1.807) is 0 Å². The van der Waals surface area contributed by atoms with Crippen LogP contribution in [-0.4, -0.2) is 30.1 Å². The van der Waals surface area contributed by atoms with E-state index in [2.05, 4.69) is 17.7 Å². The average molecular weight is 194 g/mol. The Kier molecular flexibility index (Phi) is 5.00. The van der Waals surface area contributed by atoms with Crippen molar-refractivity contribution in [1.82, 2.24) is 4.90 Å². The van der Waals surface area contributed by atoms with E-state index < -0.39 is 0 Å². The van der Waals surface area contributed by atoms with Gasteiger partial charge in [-0.05, 0) is 39.3 Å². The smallest absolute Gasteiger partial charge is 0.0244 e. The SMILES string of the molecule is C#CCCCN1CCCCC1C(C)N. The van der Waals surface area contributed by atoms with Gasteiger partial charge >= 0.3 is 0 Å². The third-order valence-electron chi connectivity index (χ3n) is 3.04. The quantitative estimate of drug-likeness (QED) is 0.544. The number of hydrogen-bond donors (Lipinski definition) is 1. The highest BCUT2D eigenvalue weighted by atomic mass is 15.2. The van der Waals surface area contributed by atoms with Crippen LogP contribution >= 0.6 is 0 Å². The van der Waals surface area contributed by atoms with Gasteiger partial charge in [-0.15, -0.1) is 12.3 Å². The molecule has 0 aromatic rings. The number of nitrogens with zero attached hydrogens (tertiary/aromatic N) is 1. The van der Waals surface area contributed by atoms with Crippen LogP contribution in [0.5, 0.6) is 0 Å². The summed E-state index contributed by atoms with van der Waals surface area (Å²) in [5.41, 5.74) is 5.98. The van der Waals surface area contributed by atoms with Crippen LogP contribution in [0.15, 0.2) is 0 Å². The van der Waals surface area contributed by atoms with Crippen molar-refractivity contribution < 1.29 is 0 Å². The number of hydrogen-bond acceptors (Lipinski definition) is 2. The first-order valence-electron chi connectivity index (χ1n) is 5.69. The van der Waals surface area contributed by atoms with Crippen molar-refractivity contribution in [3.8, 4) is 12.3 Å². The molecule has 1 aliphatic rings. The summed E-state index contributed by atoms with van der Waals surface area (Å²) in [6.07, 6.45) is 11.2. The lowest BCUT2D eigenvalue weighted by Gasteiger charge is -2.37. The first kappa shape index (κ1) is 11.6. The van der Waals surface area contributed by atoms with Gasteiger partial charge in [0.15, 0.2) is 0 Å². The normalized spacial score (nSPS) is 25.6. The average Bonchev–Trinajstić information content (AvgIpc) is 2.19. The Balaban J connectivity index is 2.35. The van der Waals surface area contributed by atoms with Gasteiger partial charge in [0, 0.05) is 18.5 Å². The minimum atomic E-state index is 0.293. The van der Waals surface area contributed by atoms with E-state index in [1.165, 1.54) is 25.8 Å². The second-order valence-electron chi connectivity index (χ2n) is 4.27. The van der Waals surface area contributed by atoms with Crippen molar-refractivity contribution in [2.75, 3.05) is 13.1 Å². The number of piperidine rings is 1. The van der Waals surface area contributed by atoms with Crippen LogP contribution < -0.4 is 5.73 Å². The van der Waals surface area contributed by atoms with E-state index in [4.69, 9.17) is 12.2 Å². The molecule has 0 saturated carbocycles. The van der Waals surface area contributed by atoms with Crippen molar-refractivity contribution in [1.29, 1.82) is 0 Å². The Labute approximate surface area is 87.8 Å². The van der Waals surface area contributed by atoms with Gasteiger partial charge in [0.05, 0.1) is 0 Å². The maximum absolute atomic E-state index is 5.98. The maximum Gasteiger partial charge on any atom is 0.0244 e. The first-order chi connectivity index (χ1) is 6.75. The summed E-state index contributed by atoms with van der Waals surface area (Å²) in [6, 6.07) is 0.877. The molecule has 14 heavy (non-hydrogen) atoms. The van der Waals surface area contributed by atoms with Gasteiger partial charge in [-0.3, -0.25) is 4.90 Å². The molecule has 0 aromatic heterocycles. The molecule has 2 nitrogen and oxygen atoms in total. The highest BCUT2D eigenvalue weighted by molar-refractivity contribution is 4.86. The molecule has 80 valence electrons. The van der Waals surface area contributed by atoms with E-state index in [1.807, 2.05) is 0 Å². The molecule has 2 atom stereocenters. The Bertz CT molecular complexity index is 193. The van der Waals surface area contributed by atoms with Gasteiger partial charge in [0.2, 0.25) is 0 Å². The second kappa shape index (κ2) is 6.06. The molecule has 0 bridgehead atoms. The van der Waals surface area contributed by atoms with Crippen LogP contribution in [0.4, 0.5) is 0 Å². The number of terminal acetylenes is 1. The zero-order valence-electron chi connectivity index (χ0n) is 9.21. The number of nitrogens with two attached hydrogens (primary N) is 1. The molecule has 2 heteroatoms. The summed E-state index contributed by atoms with van der Waals surface area (Å²) in [5.74, 6) is 2.69. The molecule has 1 saturated heterocycles. The molecule has 1 heterocycles. The third-order valence-corrected chi connectivity index (χ3v) is 3.04. The fourth-order valence-corrected chi connectivity index (χ4v) is 2.27. The molecule has 1 aliphatic heterocycles. The van der Waals surface area contributed by atoms with Crippen LogP contribution in [-0.2, 0) is 0 Å². The van der Waals surface area contributed by atoms with Crippen LogP contribution in [0.25, 0.3) is 0 Å². The highest BCUT2D eigenvalue weighted by Gasteiger charge is 2.24. The molecule has 2 unspecified atom stereocenters. The van der Waals surface area contributed by atoms with Gasteiger partial charge in [0.1, 0.15) is 0 Å². The summed E-state index contributed by atoms with van der Waals surface area (Å²) < 4.78 is 0. The summed E-state index contributed by atoms with van der Waals surface area (Å²) in [7, 11) is 0. The summed E-state index contributed by atoms with van der Waals surface area (Å²) in [6.45, 7) is 4.44. The van der Waals surface area contributed by atoms with Crippen LogP contribution in [0.3, 0.4) is 0 Å². The number of likely N-dealkylation sites (tertiary alicyclic amines) is 1. The van der Waals surface area contributed by atoms with Gasteiger partial charge in [-0.25, -0.2) is 0 Å². The molecule has 1 fully saturated rings. The standard InChI is InChI=1S/C12H22N2/c1-3-4-6-9-14-10-7-5-8-12(14)11(2)13/h1,11-12H,4-10,13H2,2H3. The molecule has 2 N–H and O–H groups in total. The van der Waals surface area contributed by atoms with Crippen LogP contribution in [0, 0.1) is 12.3 Å². The zero-order chi connectivity index (χ0) is 10.4. The maximum atomic E-state index is 5.98. The molecular weight excluding hydrogens is 172 g/mol. The predicted octanol–water partition coefficient (Wildman–Crippen LogP) is 1.60. The molecule has 0 amide bonds. The van der Waals surface area contributed by atoms with Gasteiger partial charge in [-0.1, -0.05) is 6.42 Å². The summed E-state index contributed by atoms with van der Waals surface area (Å²) in [5, 5.41) is 0. The van der Waals surface area contributed by atoms with Crippen LogP contribution in [0.2, 0.25) is 0 Å². The largest absolute Gasteiger partial charge is 0.327 e. The predicted molar refractivity (Wildman–Crippen MR) is 60.9 cm³/mol. The Morgan fingerprint density at radius 3 is 3.00 bits per heavy atom. The van der Waals surface area contributed by atoms with Crippen molar-refractivity contribution in [3.05, 3.63) is 0 Å². The Hall–Kier alpha value is -0.520. The van der Waals surface area contributed by atoms with Crippen LogP contribution in [0.1, 0.15) is 39.0 Å². The lowest BCUT2D eigenvalue weighted by molar-refractivity contribution is 0.130. The molecule has 0 aromatic carbocycles. The Morgan fingerprint density at radius 1 is 1.57 bits per heavy atom. The molecule has 0 aliphatic carbocycles. The number of rotatable bonds is 4. The molecular formula is C12H22N2. The molecule has 1 rings (SSSR count). The lowest BCUT2D eigenvalue weighted by atomic mass is 9.97. The van der Waals surface area contributed by atoms with Gasteiger partial charge in [0.25, 0.3) is 0 Å². The molecule has 0 radical (unpaired) electrons. The topological polar surface area (TPSA) is 29.3 Å². The molecule has 0 spiro atoms. The fraction of sp³-hybridized carbons (Fsp3) is 0.833. The minimum Gasteiger partial charge on any atom is -0.327 e.